The largest absolute Gasteiger partial charge is 0.465 e. The number of aliphatic hydroxyl groups is 1. The van der Waals surface area contributed by atoms with Gasteiger partial charge < -0.3 is 24.4 Å². The van der Waals surface area contributed by atoms with Crippen LogP contribution in [0.2, 0.25) is 0 Å². The molecule has 8 nitrogen and oxygen atoms in total. The van der Waals surface area contributed by atoms with Gasteiger partial charge in [-0.25, -0.2) is 0 Å². The van der Waals surface area contributed by atoms with Gasteiger partial charge in [0.25, 0.3) is 0 Å². The molecule has 0 aromatic rings. The van der Waals surface area contributed by atoms with E-state index in [-0.39, 0.29) is 31.1 Å². The highest BCUT2D eigenvalue weighted by molar-refractivity contribution is 5.98. The van der Waals surface area contributed by atoms with Crippen molar-refractivity contribution in [3.8, 4) is 0 Å². The fourth-order valence-electron chi connectivity index (χ4n) is 6.56. The van der Waals surface area contributed by atoms with Crippen molar-refractivity contribution in [2.75, 3.05) is 26.3 Å². The van der Waals surface area contributed by atoms with Gasteiger partial charge in [-0.3, -0.25) is 14.4 Å². The second kappa shape index (κ2) is 11.9. The molecule has 6 atom stereocenters. The van der Waals surface area contributed by atoms with Gasteiger partial charge in [-0.15, -0.1) is 13.2 Å². The summed E-state index contributed by atoms with van der Waals surface area (Å²) >= 11 is 0. The molecule has 36 heavy (non-hydrogen) atoms. The Bertz CT molecular complexity index is 846. The Morgan fingerprint density at radius 1 is 1.28 bits per heavy atom. The lowest BCUT2D eigenvalue weighted by Gasteiger charge is -2.39. The third-order valence-corrected chi connectivity index (χ3v) is 8.24. The van der Waals surface area contributed by atoms with Gasteiger partial charge in [-0.2, -0.15) is 0 Å². The number of hydrogen-bond donors (Lipinski definition) is 1. The van der Waals surface area contributed by atoms with Crippen LogP contribution in [0.4, 0.5) is 0 Å². The molecule has 8 heteroatoms. The number of nitrogens with zero attached hydrogens (tertiary/aromatic N) is 2. The molecular weight excluding hydrogens is 460 g/mol. The summed E-state index contributed by atoms with van der Waals surface area (Å²) in [6, 6.07) is -0.813. The first-order chi connectivity index (χ1) is 17.2. The Hall–Kier alpha value is -2.19. The number of amides is 2. The first-order valence-electron chi connectivity index (χ1n) is 13.5. The lowest BCUT2D eigenvalue weighted by atomic mass is 9.66. The maximum absolute atomic E-state index is 14.3. The third kappa shape index (κ3) is 4.99. The molecule has 3 aliphatic heterocycles. The Labute approximate surface area is 215 Å². The number of aliphatic hydroxyl groups excluding tert-OH is 1. The van der Waals surface area contributed by atoms with Crippen LogP contribution in [0.1, 0.15) is 72.1 Å². The molecule has 1 N–H and O–H groups in total. The van der Waals surface area contributed by atoms with Gasteiger partial charge in [0.1, 0.15) is 17.6 Å². The van der Waals surface area contributed by atoms with E-state index in [1.807, 2.05) is 13.8 Å². The summed E-state index contributed by atoms with van der Waals surface area (Å²) in [5, 5.41) is 9.19. The second-order valence-corrected chi connectivity index (χ2v) is 10.7. The van der Waals surface area contributed by atoms with Crippen LogP contribution in [0.5, 0.6) is 0 Å². The molecule has 3 heterocycles. The number of hydrogen-bond acceptors (Lipinski definition) is 6. The van der Waals surface area contributed by atoms with E-state index in [1.54, 1.807) is 22.0 Å². The number of fused-ring (bicyclic) bond motifs is 1. The van der Waals surface area contributed by atoms with Crippen LogP contribution in [0.3, 0.4) is 0 Å². The number of esters is 1. The van der Waals surface area contributed by atoms with E-state index in [0.717, 1.165) is 19.3 Å². The van der Waals surface area contributed by atoms with Gasteiger partial charge in [0.05, 0.1) is 18.1 Å². The van der Waals surface area contributed by atoms with Crippen LogP contribution in [0, 0.1) is 11.8 Å². The van der Waals surface area contributed by atoms with Gasteiger partial charge in [-0.05, 0) is 58.8 Å². The van der Waals surface area contributed by atoms with Crippen molar-refractivity contribution in [2.24, 2.45) is 11.8 Å². The molecule has 3 fully saturated rings. The van der Waals surface area contributed by atoms with Gasteiger partial charge in [0.2, 0.25) is 11.8 Å². The quantitative estimate of drug-likeness (QED) is 0.209. The minimum atomic E-state index is -1.05. The highest BCUT2D eigenvalue weighted by Crippen LogP contribution is 2.63. The topological polar surface area (TPSA) is 96.4 Å². The first kappa shape index (κ1) is 28.4. The summed E-state index contributed by atoms with van der Waals surface area (Å²) < 4.78 is 12.2. The monoisotopic (exact) mass is 504 g/mol. The third-order valence-electron chi connectivity index (χ3n) is 8.24. The molecule has 3 unspecified atom stereocenters. The maximum Gasteiger partial charge on any atom is 0.312 e. The average molecular weight is 505 g/mol. The number of ether oxygens (including phenoxy) is 2. The predicted octanol–water partition coefficient (Wildman–Crippen LogP) is 3.24. The fourth-order valence-corrected chi connectivity index (χ4v) is 6.56. The lowest BCUT2D eigenvalue weighted by molar-refractivity contribution is -0.160. The van der Waals surface area contributed by atoms with Crippen molar-refractivity contribution in [1.29, 1.82) is 0 Å². The Morgan fingerprint density at radius 2 is 2.03 bits per heavy atom. The van der Waals surface area contributed by atoms with Crippen molar-refractivity contribution in [2.45, 2.75) is 95.4 Å². The van der Waals surface area contributed by atoms with E-state index in [9.17, 15) is 19.5 Å². The molecule has 2 amide bonds. The number of rotatable bonds is 15. The van der Waals surface area contributed by atoms with Crippen LogP contribution in [-0.2, 0) is 23.9 Å². The van der Waals surface area contributed by atoms with E-state index in [2.05, 4.69) is 20.1 Å². The van der Waals surface area contributed by atoms with Crippen LogP contribution < -0.4 is 0 Å². The standard InChI is InChI=1S/C28H44N2O6/c1-6-9-19-35-26(34)22-21-24(32)30(17-11-10-12-18-31)23(28(21)15-14-27(22,5)36-28)25(33)29(16-8-3)20(4)13-7-2/h6,8,20-23,31H,1,3,7,9-19H2,2,4-5H3/t20?,21-,22-,23?,27+,28?/m0/s1. The zero-order valence-electron chi connectivity index (χ0n) is 22.2. The zero-order chi connectivity index (χ0) is 26.5. The van der Waals surface area contributed by atoms with E-state index in [0.29, 0.717) is 45.2 Å². The van der Waals surface area contributed by atoms with Gasteiger partial charge >= 0.3 is 5.97 Å². The minimum Gasteiger partial charge on any atom is -0.465 e. The molecule has 0 aromatic carbocycles. The molecule has 1 spiro atoms. The minimum absolute atomic E-state index is 0.0175. The van der Waals surface area contributed by atoms with Crippen LogP contribution in [0.25, 0.3) is 0 Å². The normalized spacial score (nSPS) is 31.3. The van der Waals surface area contributed by atoms with Crippen molar-refractivity contribution in [3.05, 3.63) is 25.3 Å². The number of carbonyl (C=O) groups excluding carboxylic acids is 3. The number of carbonyl (C=O) groups is 3. The molecule has 0 aliphatic carbocycles. The highest BCUT2D eigenvalue weighted by Gasteiger charge is 2.78. The van der Waals surface area contributed by atoms with Crippen molar-refractivity contribution >= 4 is 17.8 Å². The Balaban J connectivity index is 1.99. The number of likely N-dealkylation sites (tertiary alicyclic amines) is 1. The summed E-state index contributed by atoms with van der Waals surface area (Å²) in [5.74, 6) is -2.27. The number of unbranched alkanes of at least 4 members (excludes halogenated alkanes) is 2. The zero-order valence-corrected chi connectivity index (χ0v) is 22.2. The van der Waals surface area contributed by atoms with Crippen LogP contribution >= 0.6 is 0 Å². The van der Waals surface area contributed by atoms with E-state index in [1.165, 1.54) is 0 Å². The molecule has 3 aliphatic rings. The van der Waals surface area contributed by atoms with Gasteiger partial charge in [-0.1, -0.05) is 25.5 Å². The smallest absolute Gasteiger partial charge is 0.312 e. The second-order valence-electron chi connectivity index (χ2n) is 10.7. The molecule has 2 bridgehead atoms. The van der Waals surface area contributed by atoms with E-state index >= 15 is 0 Å². The van der Waals surface area contributed by atoms with Crippen LogP contribution in [-0.4, -0.2) is 82.3 Å². The highest BCUT2D eigenvalue weighted by atomic mass is 16.6. The molecule has 0 saturated carbocycles. The van der Waals surface area contributed by atoms with E-state index < -0.39 is 35.0 Å². The maximum atomic E-state index is 14.3. The van der Waals surface area contributed by atoms with Crippen molar-refractivity contribution < 1.29 is 29.0 Å². The van der Waals surface area contributed by atoms with E-state index in [4.69, 9.17) is 9.47 Å². The predicted molar refractivity (Wildman–Crippen MR) is 137 cm³/mol. The molecule has 0 radical (unpaired) electrons. The summed E-state index contributed by atoms with van der Waals surface area (Å²) in [6.07, 6.45) is 8.88. The molecular formula is C28H44N2O6. The first-order valence-corrected chi connectivity index (χ1v) is 13.5. The molecule has 0 aromatic heterocycles. The van der Waals surface area contributed by atoms with Crippen molar-refractivity contribution in [3.63, 3.8) is 0 Å². The lowest BCUT2D eigenvalue weighted by Crippen LogP contribution is -2.58. The molecule has 3 saturated heterocycles. The van der Waals surface area contributed by atoms with Crippen molar-refractivity contribution in [1.82, 2.24) is 9.80 Å². The summed E-state index contributed by atoms with van der Waals surface area (Å²) in [4.78, 5) is 45.0. The summed E-state index contributed by atoms with van der Waals surface area (Å²) in [5.41, 5.74) is -1.89. The van der Waals surface area contributed by atoms with Gasteiger partial charge in [0, 0.05) is 25.7 Å². The molecule has 202 valence electrons. The summed E-state index contributed by atoms with van der Waals surface area (Å²) in [6.45, 7) is 14.6. The van der Waals surface area contributed by atoms with Gasteiger partial charge in [0.15, 0.2) is 0 Å². The summed E-state index contributed by atoms with van der Waals surface area (Å²) in [7, 11) is 0. The SMILES string of the molecule is C=CCCOC(=O)[C@@H]1[C@H]2C(=O)N(CCCCCO)C(C(=O)N(CC=C)C(C)CCC)C23CC[C@@]1(C)O3. The average Bonchev–Trinajstić information content (AvgIpc) is 3.41. The fraction of sp³-hybridized carbons (Fsp3) is 0.750. The Kier molecular flexibility index (Phi) is 9.39. The van der Waals surface area contributed by atoms with Crippen LogP contribution in [0.15, 0.2) is 25.3 Å². The molecule has 3 rings (SSSR count). The Morgan fingerprint density at radius 3 is 2.67 bits per heavy atom.